The normalized spacial score (nSPS) is 14.9. The highest BCUT2D eigenvalue weighted by Gasteiger charge is 2.23. The zero-order valence-electron chi connectivity index (χ0n) is 15.8. The Bertz CT molecular complexity index is 964. The van der Waals surface area contributed by atoms with Gasteiger partial charge in [-0.3, -0.25) is 9.52 Å². The van der Waals surface area contributed by atoms with Crippen LogP contribution >= 0.6 is 0 Å². The van der Waals surface area contributed by atoms with Gasteiger partial charge in [-0.25, -0.2) is 8.42 Å². The van der Waals surface area contributed by atoms with E-state index in [1.165, 1.54) is 6.07 Å². The molecule has 0 aliphatic carbocycles. The molecule has 0 saturated carbocycles. The van der Waals surface area contributed by atoms with Crippen molar-refractivity contribution >= 4 is 21.6 Å². The second kappa shape index (κ2) is 7.70. The van der Waals surface area contributed by atoms with Gasteiger partial charge in [-0.15, -0.1) is 0 Å². The molecule has 0 spiro atoms. The Hall–Kier alpha value is -2.38. The van der Waals surface area contributed by atoms with E-state index in [9.17, 15) is 13.2 Å². The Morgan fingerprint density at radius 1 is 1.00 bits per heavy atom. The van der Waals surface area contributed by atoms with Gasteiger partial charge >= 0.3 is 0 Å². The summed E-state index contributed by atoms with van der Waals surface area (Å²) in [4.78, 5) is 14.5. The Morgan fingerprint density at radius 3 is 2.37 bits per heavy atom. The lowest BCUT2D eigenvalue weighted by molar-refractivity contribution is 0.0302. The summed E-state index contributed by atoms with van der Waals surface area (Å²) in [5, 5.41) is 0. The van der Waals surface area contributed by atoms with Crippen molar-refractivity contribution < 1.29 is 17.9 Å². The molecule has 6 nitrogen and oxygen atoms in total. The molecule has 144 valence electrons. The number of morpholine rings is 1. The Labute approximate surface area is 160 Å². The van der Waals surface area contributed by atoms with Gasteiger partial charge in [0, 0.05) is 18.7 Å². The van der Waals surface area contributed by atoms with Crippen molar-refractivity contribution in [1.29, 1.82) is 0 Å². The van der Waals surface area contributed by atoms with E-state index in [1.807, 2.05) is 26.0 Å². The maximum Gasteiger partial charge on any atom is 0.262 e. The molecule has 1 heterocycles. The maximum absolute atomic E-state index is 13.0. The lowest BCUT2D eigenvalue weighted by Crippen LogP contribution is -2.40. The first-order chi connectivity index (χ1) is 12.8. The van der Waals surface area contributed by atoms with Crippen LogP contribution in [-0.2, 0) is 14.8 Å². The Kier molecular flexibility index (Phi) is 5.53. The molecule has 27 heavy (non-hydrogen) atoms. The van der Waals surface area contributed by atoms with Crippen molar-refractivity contribution in [2.75, 3.05) is 31.0 Å². The number of hydrogen-bond acceptors (Lipinski definition) is 4. The molecule has 3 rings (SSSR count). The molecular weight excluding hydrogens is 364 g/mol. The average Bonchev–Trinajstić information content (AvgIpc) is 2.64. The average molecular weight is 388 g/mol. The number of nitrogens with zero attached hydrogens (tertiary/aromatic N) is 1. The van der Waals surface area contributed by atoms with Crippen LogP contribution in [0.4, 0.5) is 5.69 Å². The summed E-state index contributed by atoms with van der Waals surface area (Å²) >= 11 is 0. The van der Waals surface area contributed by atoms with Crippen LogP contribution in [0.3, 0.4) is 0 Å². The number of carbonyl (C=O) groups excluding carboxylic acids is 1. The largest absolute Gasteiger partial charge is 0.378 e. The fraction of sp³-hybridized carbons (Fsp3) is 0.350. The van der Waals surface area contributed by atoms with Crippen LogP contribution < -0.4 is 4.72 Å². The monoisotopic (exact) mass is 388 g/mol. The van der Waals surface area contributed by atoms with Crippen molar-refractivity contribution in [1.82, 2.24) is 4.90 Å². The number of carbonyl (C=O) groups is 1. The first kappa shape index (κ1) is 19.4. The van der Waals surface area contributed by atoms with Gasteiger partial charge in [0.1, 0.15) is 0 Å². The third-order valence-corrected chi connectivity index (χ3v) is 6.16. The third-order valence-electron chi connectivity index (χ3n) is 4.65. The summed E-state index contributed by atoms with van der Waals surface area (Å²) in [5.74, 6) is -0.179. The van der Waals surface area contributed by atoms with Gasteiger partial charge in [0.15, 0.2) is 0 Å². The molecular formula is C20H24N2O4S. The number of benzene rings is 2. The topological polar surface area (TPSA) is 75.7 Å². The van der Waals surface area contributed by atoms with Gasteiger partial charge in [-0.05, 0) is 50.1 Å². The molecule has 2 aromatic carbocycles. The van der Waals surface area contributed by atoms with Crippen LogP contribution in [0.25, 0.3) is 0 Å². The molecule has 1 amide bonds. The molecule has 7 heteroatoms. The predicted octanol–water partition coefficient (Wildman–Crippen LogP) is 2.89. The van der Waals surface area contributed by atoms with Gasteiger partial charge in [-0.2, -0.15) is 0 Å². The van der Waals surface area contributed by atoms with E-state index in [1.54, 1.807) is 30.0 Å². The number of amides is 1. The van der Waals surface area contributed by atoms with Crippen molar-refractivity contribution in [3.05, 3.63) is 58.7 Å². The molecule has 0 aromatic heterocycles. The third kappa shape index (κ3) is 4.31. The minimum absolute atomic E-state index is 0.113. The van der Waals surface area contributed by atoms with E-state index in [0.29, 0.717) is 43.1 Å². The quantitative estimate of drug-likeness (QED) is 0.874. The van der Waals surface area contributed by atoms with Gasteiger partial charge < -0.3 is 9.64 Å². The number of ether oxygens (including phenoxy) is 1. The molecule has 1 N–H and O–H groups in total. The lowest BCUT2D eigenvalue weighted by atomic mass is 10.1. The fourth-order valence-corrected chi connectivity index (χ4v) is 4.50. The number of aryl methyl sites for hydroxylation is 3. The summed E-state index contributed by atoms with van der Waals surface area (Å²) in [6.45, 7) is 7.55. The van der Waals surface area contributed by atoms with E-state index in [2.05, 4.69) is 4.72 Å². The minimum Gasteiger partial charge on any atom is -0.378 e. The molecule has 1 saturated heterocycles. The summed E-state index contributed by atoms with van der Waals surface area (Å²) in [5.41, 5.74) is 3.39. The second-order valence-electron chi connectivity index (χ2n) is 6.81. The van der Waals surface area contributed by atoms with E-state index < -0.39 is 10.0 Å². The SMILES string of the molecule is Cc1ccc(NS(=O)(=O)c2cc(C(=O)N3CCOCC3)ccc2C)c(C)c1. The van der Waals surface area contributed by atoms with Crippen LogP contribution in [0.2, 0.25) is 0 Å². The molecule has 0 atom stereocenters. The Morgan fingerprint density at radius 2 is 1.70 bits per heavy atom. The highest BCUT2D eigenvalue weighted by molar-refractivity contribution is 7.92. The summed E-state index contributed by atoms with van der Waals surface area (Å²) in [6.07, 6.45) is 0. The zero-order chi connectivity index (χ0) is 19.6. The standard InChI is InChI=1S/C20H24N2O4S/c1-14-4-7-18(16(3)12-14)21-27(24,25)19-13-17(6-5-15(19)2)20(23)22-8-10-26-11-9-22/h4-7,12-13,21H,8-11H2,1-3H3. The molecule has 1 aliphatic rings. The van der Waals surface area contributed by atoms with Crippen molar-refractivity contribution in [2.45, 2.75) is 25.7 Å². The van der Waals surface area contributed by atoms with Crippen LogP contribution in [0.15, 0.2) is 41.3 Å². The molecule has 0 unspecified atom stereocenters. The molecule has 0 bridgehead atoms. The van der Waals surface area contributed by atoms with E-state index in [-0.39, 0.29) is 10.8 Å². The highest BCUT2D eigenvalue weighted by atomic mass is 32.2. The molecule has 1 fully saturated rings. The fourth-order valence-electron chi connectivity index (χ4n) is 3.10. The van der Waals surface area contributed by atoms with Gasteiger partial charge in [-0.1, -0.05) is 23.8 Å². The highest BCUT2D eigenvalue weighted by Crippen LogP contribution is 2.24. The smallest absolute Gasteiger partial charge is 0.262 e. The molecule has 0 radical (unpaired) electrons. The first-order valence-corrected chi connectivity index (χ1v) is 10.3. The Balaban J connectivity index is 1.91. The predicted molar refractivity (Wildman–Crippen MR) is 105 cm³/mol. The van der Waals surface area contributed by atoms with Crippen LogP contribution in [0.1, 0.15) is 27.0 Å². The minimum atomic E-state index is -3.81. The number of sulfonamides is 1. The van der Waals surface area contributed by atoms with Gasteiger partial charge in [0.2, 0.25) is 0 Å². The van der Waals surface area contributed by atoms with Crippen molar-refractivity contribution in [3.63, 3.8) is 0 Å². The lowest BCUT2D eigenvalue weighted by Gasteiger charge is -2.27. The molecule has 1 aliphatic heterocycles. The van der Waals surface area contributed by atoms with Gasteiger partial charge in [0.05, 0.1) is 23.8 Å². The maximum atomic E-state index is 13.0. The van der Waals surface area contributed by atoms with Crippen LogP contribution in [-0.4, -0.2) is 45.5 Å². The van der Waals surface area contributed by atoms with Crippen molar-refractivity contribution in [3.8, 4) is 0 Å². The zero-order valence-corrected chi connectivity index (χ0v) is 16.6. The van der Waals surface area contributed by atoms with E-state index in [0.717, 1.165) is 11.1 Å². The second-order valence-corrected chi connectivity index (χ2v) is 8.46. The summed E-state index contributed by atoms with van der Waals surface area (Å²) in [6, 6.07) is 10.3. The van der Waals surface area contributed by atoms with Gasteiger partial charge in [0.25, 0.3) is 15.9 Å². The number of anilines is 1. The first-order valence-electron chi connectivity index (χ1n) is 8.86. The van der Waals surface area contributed by atoms with Crippen LogP contribution in [0.5, 0.6) is 0 Å². The summed E-state index contributed by atoms with van der Waals surface area (Å²) in [7, 11) is -3.81. The van der Waals surface area contributed by atoms with Crippen LogP contribution in [0, 0.1) is 20.8 Å². The number of hydrogen-bond donors (Lipinski definition) is 1. The van der Waals surface area contributed by atoms with E-state index in [4.69, 9.17) is 4.74 Å². The number of rotatable bonds is 4. The molecule has 2 aromatic rings. The number of nitrogens with one attached hydrogen (secondary N) is 1. The van der Waals surface area contributed by atoms with Crippen molar-refractivity contribution in [2.24, 2.45) is 0 Å². The summed E-state index contributed by atoms with van der Waals surface area (Å²) < 4.78 is 33.8. The van der Waals surface area contributed by atoms with E-state index >= 15 is 0 Å².